The number of anilines is 3. The van der Waals surface area contributed by atoms with Gasteiger partial charge in [0.1, 0.15) is 11.6 Å². The number of nitrogen functional groups attached to an aromatic ring is 1. The fourth-order valence-corrected chi connectivity index (χ4v) is 5.24. The molecule has 40 heavy (non-hydrogen) atoms. The maximum absolute atomic E-state index is 13.6. The molecule has 1 aliphatic heterocycles. The number of nitrogens with zero attached hydrogens (tertiary/aromatic N) is 5. The zero-order chi connectivity index (χ0) is 28.3. The quantitative estimate of drug-likeness (QED) is 0.349. The Hall–Kier alpha value is -4.67. The molecule has 3 N–H and O–H groups in total. The van der Waals surface area contributed by atoms with Crippen LogP contribution >= 0.6 is 0 Å². The van der Waals surface area contributed by atoms with E-state index in [2.05, 4.69) is 10.3 Å². The second kappa shape index (κ2) is 11.2. The highest BCUT2D eigenvalue weighted by atomic mass is 19.1. The molecule has 0 radical (unpaired) electrons. The molecule has 208 valence electrons. The summed E-state index contributed by atoms with van der Waals surface area (Å²) in [6.45, 7) is 1.56. The van der Waals surface area contributed by atoms with Crippen LogP contribution < -0.4 is 25.4 Å². The Morgan fingerprint density at radius 1 is 1.07 bits per heavy atom. The molecule has 10 nitrogen and oxygen atoms in total. The van der Waals surface area contributed by atoms with Gasteiger partial charge in [-0.1, -0.05) is 12.1 Å². The molecule has 0 bridgehead atoms. The number of likely N-dealkylation sites (tertiary alicyclic amines) is 1. The number of carbonyl (C=O) groups excluding carboxylic acids is 1. The first-order valence-electron chi connectivity index (χ1n) is 13.0. The maximum atomic E-state index is 13.6. The molecule has 2 amide bonds. The van der Waals surface area contributed by atoms with Gasteiger partial charge in [0.2, 0.25) is 5.95 Å². The number of methoxy groups -OCH3 is 2. The van der Waals surface area contributed by atoms with Crippen LogP contribution in [0.25, 0.3) is 10.9 Å². The summed E-state index contributed by atoms with van der Waals surface area (Å²) in [7, 11) is 5.06. The molecule has 0 aliphatic carbocycles. The van der Waals surface area contributed by atoms with E-state index in [4.69, 9.17) is 25.2 Å². The van der Waals surface area contributed by atoms with E-state index in [1.54, 1.807) is 49.6 Å². The molecule has 1 saturated heterocycles. The summed E-state index contributed by atoms with van der Waals surface area (Å²) in [6, 6.07) is 15.0. The van der Waals surface area contributed by atoms with E-state index in [0.717, 1.165) is 5.69 Å². The molecule has 2 aromatic heterocycles. The number of piperidine rings is 1. The van der Waals surface area contributed by atoms with Crippen molar-refractivity contribution >= 4 is 34.4 Å². The van der Waals surface area contributed by atoms with Crippen LogP contribution in [0.15, 0.2) is 60.8 Å². The Balaban J connectivity index is 1.38. The topological polar surface area (TPSA) is 119 Å². The number of rotatable bonds is 7. The number of hydrogen-bond acceptors (Lipinski definition) is 8. The summed E-state index contributed by atoms with van der Waals surface area (Å²) >= 11 is 0. The molecule has 4 aromatic rings. The van der Waals surface area contributed by atoms with Crippen LogP contribution in [-0.4, -0.2) is 66.8 Å². The fraction of sp³-hybridized carbons (Fsp3) is 0.310. The Morgan fingerprint density at radius 2 is 1.82 bits per heavy atom. The van der Waals surface area contributed by atoms with Gasteiger partial charge in [0.25, 0.3) is 0 Å². The highest BCUT2D eigenvalue weighted by molar-refractivity contribution is 5.92. The number of benzene rings is 2. The fourth-order valence-electron chi connectivity index (χ4n) is 5.24. The van der Waals surface area contributed by atoms with Crippen molar-refractivity contribution in [2.24, 2.45) is 0 Å². The molecule has 1 aliphatic rings. The molecular formula is C29H32FN7O3. The third-order valence-corrected chi connectivity index (χ3v) is 7.39. The Labute approximate surface area is 231 Å². The number of nitrogens with two attached hydrogens (primary N) is 1. The van der Waals surface area contributed by atoms with Gasteiger partial charge in [-0.3, -0.25) is 4.98 Å². The number of urea groups is 1. The van der Waals surface area contributed by atoms with E-state index in [0.29, 0.717) is 72.3 Å². The molecule has 0 atom stereocenters. The third kappa shape index (κ3) is 5.40. The van der Waals surface area contributed by atoms with Crippen molar-refractivity contribution in [2.75, 3.05) is 56.9 Å². The minimum absolute atomic E-state index is 0.261. The Kier molecular flexibility index (Phi) is 7.54. The number of aromatic nitrogens is 3. The second-order valence-corrected chi connectivity index (χ2v) is 9.91. The van der Waals surface area contributed by atoms with Crippen molar-refractivity contribution in [3.8, 4) is 11.5 Å². The average molecular weight is 546 g/mol. The molecular weight excluding hydrogens is 513 g/mol. The largest absolute Gasteiger partial charge is 0.493 e. The number of nitrogens with one attached hydrogen (secondary N) is 1. The van der Waals surface area contributed by atoms with E-state index >= 15 is 0 Å². The molecule has 0 spiro atoms. The van der Waals surface area contributed by atoms with Crippen molar-refractivity contribution in [1.82, 2.24) is 19.9 Å². The number of halogens is 1. The normalized spacial score (nSPS) is 14.6. The molecule has 0 unspecified atom stereocenters. The van der Waals surface area contributed by atoms with Crippen molar-refractivity contribution in [3.63, 3.8) is 0 Å². The van der Waals surface area contributed by atoms with Crippen LogP contribution in [-0.2, 0) is 5.41 Å². The van der Waals surface area contributed by atoms with Crippen LogP contribution in [0.1, 0.15) is 18.5 Å². The first-order chi connectivity index (χ1) is 19.3. The summed E-state index contributed by atoms with van der Waals surface area (Å²) in [6.07, 6.45) is 3.11. The molecule has 1 fully saturated rings. The van der Waals surface area contributed by atoms with Crippen LogP contribution in [0.2, 0.25) is 0 Å². The number of likely N-dealkylation sites (N-methyl/N-ethyl adjacent to an activating group) is 1. The SMILES string of the molecule is COc1cc2nc(N(C)CC3(c4ccccn4)CCN(C(=O)Nc4cccc(F)c4)CC3)nc(N)c2cc1OC. The Morgan fingerprint density at radius 3 is 2.50 bits per heavy atom. The predicted octanol–water partition coefficient (Wildman–Crippen LogP) is 4.47. The molecule has 3 heterocycles. The van der Waals surface area contributed by atoms with Gasteiger partial charge in [-0.25, -0.2) is 14.2 Å². The summed E-state index contributed by atoms with van der Waals surface area (Å²) in [5.74, 6) is 1.51. The lowest BCUT2D eigenvalue weighted by atomic mass is 9.75. The van der Waals surface area contributed by atoms with Crippen molar-refractivity contribution < 1.29 is 18.7 Å². The van der Waals surface area contributed by atoms with Crippen LogP contribution in [0.3, 0.4) is 0 Å². The maximum Gasteiger partial charge on any atom is 0.321 e. The summed E-state index contributed by atoms with van der Waals surface area (Å²) < 4.78 is 24.4. The van der Waals surface area contributed by atoms with Gasteiger partial charge in [-0.15, -0.1) is 0 Å². The molecule has 0 saturated carbocycles. The van der Waals surface area contributed by atoms with Crippen molar-refractivity contribution in [3.05, 3.63) is 72.3 Å². The van der Waals surface area contributed by atoms with Gasteiger partial charge in [0, 0.05) is 61.1 Å². The first kappa shape index (κ1) is 26.9. The van der Waals surface area contributed by atoms with E-state index in [9.17, 15) is 9.18 Å². The predicted molar refractivity (Wildman–Crippen MR) is 152 cm³/mol. The number of pyridine rings is 1. The number of ether oxygens (including phenoxy) is 2. The minimum atomic E-state index is -0.400. The van der Waals surface area contributed by atoms with Crippen LogP contribution in [0, 0.1) is 5.82 Å². The van der Waals surface area contributed by atoms with Gasteiger partial charge in [-0.05, 0) is 49.2 Å². The lowest BCUT2D eigenvalue weighted by Crippen LogP contribution is -2.51. The molecule has 11 heteroatoms. The number of fused-ring (bicyclic) bond motifs is 1. The van der Waals surface area contributed by atoms with Gasteiger partial charge < -0.3 is 30.3 Å². The summed E-state index contributed by atoms with van der Waals surface area (Å²) in [4.78, 5) is 30.7. The molecule has 2 aromatic carbocycles. The van der Waals surface area contributed by atoms with E-state index in [-0.39, 0.29) is 11.4 Å². The average Bonchev–Trinajstić information content (AvgIpc) is 2.97. The van der Waals surface area contributed by atoms with E-state index in [1.807, 2.05) is 30.1 Å². The van der Waals surface area contributed by atoms with Gasteiger partial charge in [-0.2, -0.15) is 4.98 Å². The number of hydrogen-bond donors (Lipinski definition) is 2. The third-order valence-electron chi connectivity index (χ3n) is 7.39. The van der Waals surface area contributed by atoms with Crippen LogP contribution in [0.4, 0.5) is 26.6 Å². The zero-order valence-corrected chi connectivity index (χ0v) is 22.7. The molecule has 5 rings (SSSR count). The van der Waals surface area contributed by atoms with Crippen molar-refractivity contribution in [1.29, 1.82) is 0 Å². The monoisotopic (exact) mass is 545 g/mol. The second-order valence-electron chi connectivity index (χ2n) is 9.91. The zero-order valence-electron chi connectivity index (χ0n) is 22.7. The lowest BCUT2D eigenvalue weighted by Gasteiger charge is -2.43. The van der Waals surface area contributed by atoms with Gasteiger partial charge >= 0.3 is 6.03 Å². The van der Waals surface area contributed by atoms with Crippen LogP contribution in [0.5, 0.6) is 11.5 Å². The lowest BCUT2D eigenvalue weighted by molar-refractivity contribution is 0.167. The van der Waals surface area contributed by atoms with E-state index in [1.165, 1.54) is 12.1 Å². The summed E-state index contributed by atoms with van der Waals surface area (Å²) in [5.41, 5.74) is 7.99. The highest BCUT2D eigenvalue weighted by Gasteiger charge is 2.40. The smallest absolute Gasteiger partial charge is 0.321 e. The van der Waals surface area contributed by atoms with Gasteiger partial charge in [0.15, 0.2) is 11.5 Å². The van der Waals surface area contributed by atoms with Crippen molar-refractivity contribution in [2.45, 2.75) is 18.3 Å². The minimum Gasteiger partial charge on any atom is -0.493 e. The first-order valence-corrected chi connectivity index (χ1v) is 13.0. The van der Waals surface area contributed by atoms with Gasteiger partial charge in [0.05, 0.1) is 19.7 Å². The standard InChI is InChI=1S/C29H32FN7O3/c1-36(27-34-22-17-24(40-3)23(39-2)16-21(22)26(31)35-27)18-29(25-9-4-5-12-32-25)10-13-37(14-11-29)28(38)33-20-8-6-7-19(30)15-20/h4-9,12,15-17H,10-11,13-14,18H2,1-3H3,(H,33,38)(H2,31,34,35). The summed E-state index contributed by atoms with van der Waals surface area (Å²) in [5, 5.41) is 3.47. The number of carbonyl (C=O) groups is 1. The van der Waals surface area contributed by atoms with E-state index < -0.39 is 5.82 Å². The number of amides is 2. The highest BCUT2D eigenvalue weighted by Crippen LogP contribution is 2.37. The Bertz CT molecular complexity index is 1510.